The van der Waals surface area contributed by atoms with Crippen LogP contribution in [0.2, 0.25) is 0 Å². The SMILES string of the molecule is CN1CCN([C@H]2CCCN(c3cnc(C(N)=O)c(Nc4ccc(N5CCN(CCCCc6cccc7c6CN(C6CCC(=O)NC6=O)C7=O)CC5)cn4)n3)C2)C1=O. The molecular weight excluding hydrogens is 729 g/mol. The Bertz CT molecular complexity index is 2040. The number of aromatic nitrogens is 3. The Morgan fingerprint density at radius 2 is 1.75 bits per heavy atom. The van der Waals surface area contributed by atoms with E-state index in [1.165, 1.54) is 0 Å². The number of carbonyl (C=O) groups excluding carboxylic acids is 5. The number of rotatable bonds is 12. The summed E-state index contributed by atoms with van der Waals surface area (Å²) in [6, 6.07) is 9.25. The van der Waals surface area contributed by atoms with Crippen LogP contribution in [0.15, 0.2) is 42.7 Å². The summed E-state index contributed by atoms with van der Waals surface area (Å²) in [7, 11) is 1.83. The lowest BCUT2D eigenvalue weighted by atomic mass is 9.98. The number of nitrogens with zero attached hydrogens (tertiary/aromatic N) is 9. The van der Waals surface area contributed by atoms with Gasteiger partial charge in [0.1, 0.15) is 17.7 Å². The topological polar surface area (TPSA) is 194 Å². The number of piperidine rings is 2. The maximum Gasteiger partial charge on any atom is 0.320 e. The fourth-order valence-electron chi connectivity index (χ4n) is 8.76. The number of unbranched alkanes of at least 4 members (excludes halogenated alkanes) is 1. The second kappa shape index (κ2) is 16.3. The molecule has 5 aliphatic rings. The molecule has 6 amide bonds. The molecule has 0 spiro atoms. The van der Waals surface area contributed by atoms with E-state index in [0.717, 1.165) is 94.7 Å². The lowest BCUT2D eigenvalue weighted by molar-refractivity contribution is -0.136. The summed E-state index contributed by atoms with van der Waals surface area (Å²) in [5, 5.41) is 5.55. The van der Waals surface area contributed by atoms with Crippen LogP contribution in [0, 0.1) is 0 Å². The molecule has 17 heteroatoms. The van der Waals surface area contributed by atoms with Crippen LogP contribution in [0.5, 0.6) is 0 Å². The highest BCUT2D eigenvalue weighted by molar-refractivity contribution is 6.05. The van der Waals surface area contributed by atoms with Crippen LogP contribution in [0.25, 0.3) is 0 Å². The number of hydrogen-bond acceptors (Lipinski definition) is 12. The van der Waals surface area contributed by atoms with Crippen LogP contribution < -0.4 is 26.2 Å². The Labute approximate surface area is 331 Å². The second-order valence-electron chi connectivity index (χ2n) is 15.6. The quantitative estimate of drug-likeness (QED) is 0.179. The summed E-state index contributed by atoms with van der Waals surface area (Å²) in [6.07, 6.45) is 8.71. The summed E-state index contributed by atoms with van der Waals surface area (Å²) < 4.78 is 0. The van der Waals surface area contributed by atoms with E-state index >= 15 is 0 Å². The molecule has 0 radical (unpaired) electrons. The first kappa shape index (κ1) is 38.1. The van der Waals surface area contributed by atoms with E-state index in [4.69, 9.17) is 10.7 Å². The largest absolute Gasteiger partial charge is 0.368 e. The third kappa shape index (κ3) is 8.06. The third-order valence-corrected chi connectivity index (χ3v) is 12.0. The van der Waals surface area contributed by atoms with E-state index in [-0.39, 0.29) is 47.7 Å². The van der Waals surface area contributed by atoms with Crippen LogP contribution in [-0.4, -0.2) is 142 Å². The monoisotopic (exact) mass is 778 g/mol. The molecule has 0 saturated carbocycles. The van der Waals surface area contributed by atoms with Crippen molar-refractivity contribution in [2.45, 2.75) is 63.6 Å². The maximum atomic E-state index is 13.2. The summed E-state index contributed by atoms with van der Waals surface area (Å²) >= 11 is 0. The molecule has 1 aromatic carbocycles. The number of pyridine rings is 1. The van der Waals surface area contributed by atoms with Gasteiger partial charge in [0.25, 0.3) is 11.8 Å². The number of hydrogen-bond donors (Lipinski definition) is 3. The lowest BCUT2D eigenvalue weighted by Crippen LogP contribution is -2.52. The summed E-state index contributed by atoms with van der Waals surface area (Å²) in [5.41, 5.74) is 9.54. The minimum absolute atomic E-state index is 0.0323. The van der Waals surface area contributed by atoms with Crippen LogP contribution in [-0.2, 0) is 22.6 Å². The van der Waals surface area contributed by atoms with Gasteiger partial charge in [-0.05, 0) is 74.4 Å². The number of carbonyl (C=O) groups is 5. The van der Waals surface area contributed by atoms with Gasteiger partial charge in [-0.2, -0.15) is 0 Å². The van der Waals surface area contributed by atoms with Gasteiger partial charge < -0.3 is 35.6 Å². The van der Waals surface area contributed by atoms with Crippen LogP contribution in [0.3, 0.4) is 0 Å². The first-order chi connectivity index (χ1) is 27.6. The zero-order valence-corrected chi connectivity index (χ0v) is 32.4. The van der Waals surface area contributed by atoms with Gasteiger partial charge in [-0.25, -0.2) is 19.7 Å². The fraction of sp³-hybridized carbons (Fsp3) is 0.500. The number of likely N-dealkylation sites (N-methyl/N-ethyl adjacent to an activating group) is 1. The number of aryl methyl sites for hydroxylation is 1. The number of amides is 6. The van der Waals surface area contributed by atoms with Crippen molar-refractivity contribution in [1.82, 2.24) is 39.9 Å². The molecule has 0 aliphatic carbocycles. The molecule has 8 rings (SSSR count). The Morgan fingerprint density at radius 1 is 0.912 bits per heavy atom. The van der Waals surface area contributed by atoms with Crippen molar-refractivity contribution in [2.24, 2.45) is 5.73 Å². The molecule has 0 bridgehead atoms. The third-order valence-electron chi connectivity index (χ3n) is 12.0. The average molecular weight is 779 g/mol. The standard InChI is InChI=1S/C40H50N12O5/c1-47-16-21-51(40(47)57)28-8-5-15-50(24-28)33-23-43-35(36(41)54)37(45-33)44-32-12-10-27(22-42-32)49-19-17-48(18-20-49)14-3-2-6-26-7-4-9-29-30(26)25-52(39(29)56)31-11-13-34(53)46-38(31)55/h4,7,9-10,12,22-23,28,31H,2-3,5-6,8,11,13-21,24-25H2,1H3,(H2,41,54)(H,42,44,45)(H,46,53,55)/t28-,31?/m0/s1. The van der Waals surface area contributed by atoms with Crippen LogP contribution in [0.4, 0.5) is 27.9 Å². The van der Waals surface area contributed by atoms with Gasteiger partial charge in [0, 0.05) is 77.9 Å². The van der Waals surface area contributed by atoms with E-state index in [2.05, 4.69) is 41.4 Å². The smallest absolute Gasteiger partial charge is 0.320 e. The molecule has 57 heavy (non-hydrogen) atoms. The van der Waals surface area contributed by atoms with Crippen molar-refractivity contribution >= 4 is 52.8 Å². The first-order valence-corrected chi connectivity index (χ1v) is 20.0. The van der Waals surface area contributed by atoms with Crippen molar-refractivity contribution in [2.75, 3.05) is 81.1 Å². The van der Waals surface area contributed by atoms with E-state index in [1.54, 1.807) is 16.0 Å². The van der Waals surface area contributed by atoms with E-state index in [9.17, 15) is 24.0 Å². The molecule has 2 aromatic heterocycles. The van der Waals surface area contributed by atoms with Gasteiger partial charge >= 0.3 is 6.03 Å². The number of fused-ring (bicyclic) bond motifs is 1. The molecular formula is C40H50N12O5. The predicted octanol–water partition coefficient (Wildman–Crippen LogP) is 1.96. The molecule has 300 valence electrons. The highest BCUT2D eigenvalue weighted by Gasteiger charge is 2.40. The summed E-state index contributed by atoms with van der Waals surface area (Å²) in [4.78, 5) is 88.2. The van der Waals surface area contributed by atoms with Gasteiger partial charge in [-0.1, -0.05) is 12.1 Å². The predicted molar refractivity (Wildman–Crippen MR) is 212 cm³/mol. The number of nitrogens with two attached hydrogens (primary N) is 1. The van der Waals surface area contributed by atoms with Crippen molar-refractivity contribution < 1.29 is 24.0 Å². The average Bonchev–Trinajstić information content (AvgIpc) is 3.74. The molecule has 3 aromatic rings. The molecule has 5 aliphatic heterocycles. The van der Waals surface area contributed by atoms with Crippen molar-refractivity contribution in [3.63, 3.8) is 0 Å². The Kier molecular flexibility index (Phi) is 10.9. The highest BCUT2D eigenvalue weighted by Crippen LogP contribution is 2.31. The van der Waals surface area contributed by atoms with E-state index in [1.807, 2.05) is 42.4 Å². The first-order valence-electron chi connectivity index (χ1n) is 20.0. The van der Waals surface area contributed by atoms with Crippen molar-refractivity contribution in [1.29, 1.82) is 0 Å². The Balaban J connectivity index is 0.810. The van der Waals surface area contributed by atoms with Crippen molar-refractivity contribution in [3.8, 4) is 0 Å². The van der Waals surface area contributed by atoms with Gasteiger partial charge in [0.05, 0.1) is 24.1 Å². The summed E-state index contributed by atoms with van der Waals surface area (Å²) in [6.45, 7) is 7.83. The minimum Gasteiger partial charge on any atom is -0.368 e. The fourth-order valence-corrected chi connectivity index (χ4v) is 8.76. The minimum atomic E-state index is -0.688. The zero-order valence-electron chi connectivity index (χ0n) is 32.4. The molecule has 4 fully saturated rings. The maximum absolute atomic E-state index is 13.2. The number of benzene rings is 1. The van der Waals surface area contributed by atoms with E-state index in [0.29, 0.717) is 43.3 Å². The van der Waals surface area contributed by atoms with E-state index < -0.39 is 11.9 Å². The lowest BCUT2D eigenvalue weighted by Gasteiger charge is -2.37. The highest BCUT2D eigenvalue weighted by atomic mass is 16.2. The number of anilines is 4. The number of nitrogens with one attached hydrogen (secondary N) is 2. The van der Waals surface area contributed by atoms with Gasteiger partial charge in [-0.15, -0.1) is 0 Å². The van der Waals surface area contributed by atoms with Crippen LogP contribution in [0.1, 0.15) is 70.5 Å². The Hall–Kier alpha value is -5.84. The normalized spacial score (nSPS) is 21.7. The molecule has 7 heterocycles. The Morgan fingerprint density at radius 3 is 2.49 bits per heavy atom. The second-order valence-corrected chi connectivity index (χ2v) is 15.6. The van der Waals surface area contributed by atoms with Gasteiger partial charge in [0.15, 0.2) is 11.5 Å². The summed E-state index contributed by atoms with van der Waals surface area (Å²) in [5.74, 6) is -0.120. The molecule has 4 N–H and O–H groups in total. The number of urea groups is 1. The molecule has 17 nitrogen and oxygen atoms in total. The van der Waals surface area contributed by atoms with Crippen molar-refractivity contribution in [3.05, 3.63) is 65.1 Å². The van der Waals surface area contributed by atoms with Gasteiger partial charge in [-0.3, -0.25) is 29.4 Å². The van der Waals surface area contributed by atoms with Crippen LogP contribution >= 0.6 is 0 Å². The molecule has 4 saturated heterocycles. The number of imide groups is 1. The zero-order chi connectivity index (χ0) is 39.6. The van der Waals surface area contributed by atoms with Gasteiger partial charge in [0.2, 0.25) is 11.8 Å². The number of piperazine rings is 1. The number of primary amides is 1. The molecule has 2 atom stereocenters. The molecule has 1 unspecified atom stereocenters.